The van der Waals surface area contributed by atoms with E-state index in [1.807, 2.05) is 6.92 Å². The SMILES string of the molecule is COCC(C)OCC(O)CNC1(CO)CCC1. The monoisotopic (exact) mass is 247 g/mol. The highest BCUT2D eigenvalue weighted by molar-refractivity contribution is 4.95. The van der Waals surface area contributed by atoms with Crippen LogP contribution in [0, 0.1) is 0 Å². The summed E-state index contributed by atoms with van der Waals surface area (Å²) in [5.41, 5.74) is -0.154. The molecule has 1 fully saturated rings. The molecule has 2 unspecified atom stereocenters. The van der Waals surface area contributed by atoms with Crippen LogP contribution in [0.3, 0.4) is 0 Å². The highest BCUT2D eigenvalue weighted by Crippen LogP contribution is 2.30. The van der Waals surface area contributed by atoms with Gasteiger partial charge in [0.25, 0.3) is 0 Å². The second-order valence-corrected chi connectivity index (χ2v) is 4.93. The topological polar surface area (TPSA) is 71.0 Å². The summed E-state index contributed by atoms with van der Waals surface area (Å²) in [5, 5.41) is 22.2. The second-order valence-electron chi connectivity index (χ2n) is 4.93. The molecule has 5 heteroatoms. The minimum atomic E-state index is -0.543. The van der Waals surface area contributed by atoms with Crippen molar-refractivity contribution in [3.05, 3.63) is 0 Å². The summed E-state index contributed by atoms with van der Waals surface area (Å²) in [7, 11) is 1.62. The van der Waals surface area contributed by atoms with E-state index in [1.54, 1.807) is 7.11 Å². The molecule has 102 valence electrons. The Labute approximate surface area is 103 Å². The lowest BCUT2D eigenvalue weighted by atomic mass is 9.77. The Kier molecular flexibility index (Phi) is 6.37. The van der Waals surface area contributed by atoms with Gasteiger partial charge in [0.05, 0.1) is 32.0 Å². The van der Waals surface area contributed by atoms with E-state index in [2.05, 4.69) is 5.32 Å². The third-order valence-corrected chi connectivity index (χ3v) is 3.30. The third-order valence-electron chi connectivity index (χ3n) is 3.30. The van der Waals surface area contributed by atoms with E-state index in [0.29, 0.717) is 19.8 Å². The maximum absolute atomic E-state index is 9.73. The quantitative estimate of drug-likeness (QED) is 0.531. The van der Waals surface area contributed by atoms with Crippen molar-refractivity contribution in [3.8, 4) is 0 Å². The molecule has 0 aromatic rings. The number of hydrogen-bond donors (Lipinski definition) is 3. The predicted molar refractivity (Wildman–Crippen MR) is 65.0 cm³/mol. The summed E-state index contributed by atoms with van der Waals surface area (Å²) in [5.74, 6) is 0. The van der Waals surface area contributed by atoms with Crippen LogP contribution < -0.4 is 5.32 Å². The molecule has 0 aromatic carbocycles. The number of β-amino-alcohol motifs (C(OH)–C–C–N with tert-alkyl or cyclic N) is 1. The zero-order chi connectivity index (χ0) is 12.7. The van der Waals surface area contributed by atoms with Gasteiger partial charge in [-0.3, -0.25) is 0 Å². The van der Waals surface area contributed by atoms with Gasteiger partial charge in [-0.15, -0.1) is 0 Å². The molecular formula is C12H25NO4. The van der Waals surface area contributed by atoms with Crippen molar-refractivity contribution in [1.82, 2.24) is 5.32 Å². The Hall–Kier alpha value is -0.200. The van der Waals surface area contributed by atoms with Crippen molar-refractivity contribution < 1.29 is 19.7 Å². The fourth-order valence-electron chi connectivity index (χ4n) is 1.95. The average molecular weight is 247 g/mol. The van der Waals surface area contributed by atoms with Crippen LogP contribution in [0.1, 0.15) is 26.2 Å². The van der Waals surface area contributed by atoms with Gasteiger partial charge in [-0.1, -0.05) is 0 Å². The first-order valence-electron chi connectivity index (χ1n) is 6.26. The van der Waals surface area contributed by atoms with Crippen LogP contribution >= 0.6 is 0 Å². The van der Waals surface area contributed by atoms with Crippen LogP contribution in [0.25, 0.3) is 0 Å². The first-order valence-corrected chi connectivity index (χ1v) is 6.26. The molecular weight excluding hydrogens is 222 g/mol. The average Bonchev–Trinajstić information content (AvgIpc) is 2.26. The molecule has 0 radical (unpaired) electrons. The zero-order valence-electron chi connectivity index (χ0n) is 10.8. The molecule has 0 aromatic heterocycles. The van der Waals surface area contributed by atoms with Gasteiger partial charge in [-0.05, 0) is 26.2 Å². The third kappa shape index (κ3) is 4.89. The van der Waals surface area contributed by atoms with Crippen molar-refractivity contribution in [1.29, 1.82) is 0 Å². The van der Waals surface area contributed by atoms with Crippen LogP contribution in [0.5, 0.6) is 0 Å². The van der Waals surface area contributed by atoms with Gasteiger partial charge < -0.3 is 25.0 Å². The molecule has 17 heavy (non-hydrogen) atoms. The van der Waals surface area contributed by atoms with Crippen molar-refractivity contribution in [3.63, 3.8) is 0 Å². The van der Waals surface area contributed by atoms with Crippen LogP contribution in [0.2, 0.25) is 0 Å². The van der Waals surface area contributed by atoms with Gasteiger partial charge in [0, 0.05) is 19.2 Å². The van der Waals surface area contributed by atoms with E-state index < -0.39 is 6.10 Å². The summed E-state index contributed by atoms with van der Waals surface area (Å²) >= 11 is 0. The number of methoxy groups -OCH3 is 1. The lowest BCUT2D eigenvalue weighted by Crippen LogP contribution is -2.56. The second kappa shape index (κ2) is 7.28. The molecule has 0 amide bonds. The van der Waals surface area contributed by atoms with E-state index in [4.69, 9.17) is 9.47 Å². The Morgan fingerprint density at radius 1 is 1.35 bits per heavy atom. The first kappa shape index (κ1) is 14.9. The van der Waals surface area contributed by atoms with Gasteiger partial charge in [0.15, 0.2) is 0 Å². The van der Waals surface area contributed by atoms with Crippen LogP contribution in [0.15, 0.2) is 0 Å². The maximum atomic E-state index is 9.73. The highest BCUT2D eigenvalue weighted by Gasteiger charge is 2.35. The van der Waals surface area contributed by atoms with E-state index in [9.17, 15) is 10.2 Å². The lowest BCUT2D eigenvalue weighted by Gasteiger charge is -2.41. The highest BCUT2D eigenvalue weighted by atomic mass is 16.5. The van der Waals surface area contributed by atoms with E-state index in [-0.39, 0.29) is 18.2 Å². The Bertz CT molecular complexity index is 203. The number of rotatable bonds is 9. The molecule has 5 nitrogen and oxygen atoms in total. The molecule has 1 aliphatic carbocycles. The van der Waals surface area contributed by atoms with Crippen molar-refractivity contribution in [2.24, 2.45) is 0 Å². The van der Waals surface area contributed by atoms with Crippen molar-refractivity contribution >= 4 is 0 Å². The molecule has 0 spiro atoms. The normalized spacial score (nSPS) is 21.9. The number of hydrogen-bond acceptors (Lipinski definition) is 5. The molecule has 0 bridgehead atoms. The molecule has 0 saturated heterocycles. The molecule has 3 N–H and O–H groups in total. The fourth-order valence-corrected chi connectivity index (χ4v) is 1.95. The zero-order valence-corrected chi connectivity index (χ0v) is 10.8. The fraction of sp³-hybridized carbons (Fsp3) is 1.00. The maximum Gasteiger partial charge on any atom is 0.0898 e. The molecule has 2 atom stereocenters. The Balaban J connectivity index is 2.10. The first-order chi connectivity index (χ1) is 8.12. The van der Waals surface area contributed by atoms with E-state index in [1.165, 1.54) is 0 Å². The lowest BCUT2D eigenvalue weighted by molar-refractivity contribution is -0.0357. The number of ether oxygens (including phenoxy) is 2. The summed E-state index contributed by atoms with van der Waals surface area (Å²) in [6.07, 6.45) is 2.56. The predicted octanol–water partition coefficient (Wildman–Crippen LogP) is -0.0966. The molecule has 1 rings (SSSR count). The van der Waals surface area contributed by atoms with Gasteiger partial charge in [-0.25, -0.2) is 0 Å². The number of nitrogens with one attached hydrogen (secondary N) is 1. The number of aliphatic hydroxyl groups excluding tert-OH is 2. The number of aliphatic hydroxyl groups is 2. The minimum Gasteiger partial charge on any atom is -0.394 e. The van der Waals surface area contributed by atoms with Crippen LogP contribution in [-0.4, -0.2) is 61.4 Å². The van der Waals surface area contributed by atoms with E-state index in [0.717, 1.165) is 19.3 Å². The Morgan fingerprint density at radius 2 is 2.06 bits per heavy atom. The van der Waals surface area contributed by atoms with Gasteiger partial charge in [0.2, 0.25) is 0 Å². The molecule has 1 saturated carbocycles. The van der Waals surface area contributed by atoms with Crippen LogP contribution in [0.4, 0.5) is 0 Å². The van der Waals surface area contributed by atoms with Crippen molar-refractivity contribution in [2.75, 3.05) is 33.5 Å². The minimum absolute atomic E-state index is 0.00912. The standard InChI is InChI=1S/C12H25NO4/c1-10(7-16-2)17-8-11(15)6-13-12(9-14)4-3-5-12/h10-11,13-15H,3-9H2,1-2H3. The van der Waals surface area contributed by atoms with Gasteiger partial charge in [-0.2, -0.15) is 0 Å². The molecule has 0 aliphatic heterocycles. The van der Waals surface area contributed by atoms with E-state index >= 15 is 0 Å². The van der Waals surface area contributed by atoms with Gasteiger partial charge >= 0.3 is 0 Å². The van der Waals surface area contributed by atoms with Gasteiger partial charge in [0.1, 0.15) is 0 Å². The largest absolute Gasteiger partial charge is 0.394 e. The summed E-state index contributed by atoms with van der Waals surface area (Å²) in [4.78, 5) is 0. The molecule has 1 aliphatic rings. The summed E-state index contributed by atoms with van der Waals surface area (Å²) in [6, 6.07) is 0. The Morgan fingerprint density at radius 3 is 2.53 bits per heavy atom. The van der Waals surface area contributed by atoms with Crippen molar-refractivity contribution in [2.45, 2.75) is 43.9 Å². The summed E-state index contributed by atoms with van der Waals surface area (Å²) in [6.45, 7) is 3.32. The smallest absolute Gasteiger partial charge is 0.0898 e. The summed E-state index contributed by atoms with van der Waals surface area (Å²) < 4.78 is 10.4. The molecule has 0 heterocycles. The van der Waals surface area contributed by atoms with Crippen LogP contribution in [-0.2, 0) is 9.47 Å².